The van der Waals surface area contributed by atoms with Crippen molar-refractivity contribution in [2.24, 2.45) is 0 Å². The van der Waals surface area contributed by atoms with Crippen LogP contribution in [0, 0.1) is 0 Å². The molecule has 0 spiro atoms. The van der Waals surface area contributed by atoms with Crippen LogP contribution in [-0.2, 0) is 10.2 Å². The second-order valence-electron chi connectivity index (χ2n) is 10.6. The van der Waals surface area contributed by atoms with Gasteiger partial charge in [0.25, 0.3) is 11.8 Å². The Hall–Kier alpha value is -2.93. The quantitative estimate of drug-likeness (QED) is 0.131. The van der Waals surface area contributed by atoms with Crippen LogP contribution in [0.4, 0.5) is 11.4 Å². The number of rotatable bonds is 13. The predicted molar refractivity (Wildman–Crippen MR) is 169 cm³/mol. The third kappa shape index (κ3) is 8.78. The summed E-state index contributed by atoms with van der Waals surface area (Å²) in [5.41, 5.74) is 1.54. The lowest BCUT2D eigenvalue weighted by Gasteiger charge is -2.25. The lowest BCUT2D eigenvalue weighted by molar-refractivity contribution is -0.123. The third-order valence-electron chi connectivity index (χ3n) is 7.19. The molecule has 0 saturated heterocycles. The molecule has 3 aromatic rings. The number of nitrogens with one attached hydrogen (secondary N) is 2. The number of carbonyl (C=O) groups excluding carboxylic acids is 2. The Labute approximate surface area is 257 Å². The Morgan fingerprint density at radius 3 is 2.27 bits per heavy atom. The van der Waals surface area contributed by atoms with Gasteiger partial charge in [0.2, 0.25) is 0 Å². The van der Waals surface area contributed by atoms with E-state index in [0.717, 1.165) is 37.7 Å². The van der Waals surface area contributed by atoms with Crippen molar-refractivity contribution < 1.29 is 19.4 Å². The van der Waals surface area contributed by atoms with Gasteiger partial charge in [0.15, 0.2) is 6.10 Å². The molecule has 0 heterocycles. The molecule has 0 aromatic heterocycles. The van der Waals surface area contributed by atoms with Crippen molar-refractivity contribution in [3.8, 4) is 11.5 Å². The summed E-state index contributed by atoms with van der Waals surface area (Å²) in [4.78, 5) is 26.1. The van der Waals surface area contributed by atoms with Crippen LogP contribution in [0.2, 0.25) is 15.1 Å². The van der Waals surface area contributed by atoms with Crippen LogP contribution >= 0.6 is 34.8 Å². The van der Waals surface area contributed by atoms with Crippen molar-refractivity contribution >= 4 is 58.0 Å². The van der Waals surface area contributed by atoms with Crippen molar-refractivity contribution in [2.75, 3.05) is 10.6 Å². The highest BCUT2D eigenvalue weighted by Crippen LogP contribution is 2.36. The third-order valence-corrected chi connectivity index (χ3v) is 8.13. The van der Waals surface area contributed by atoms with Crippen LogP contribution < -0.4 is 15.4 Å². The van der Waals surface area contributed by atoms with Crippen molar-refractivity contribution in [3.63, 3.8) is 0 Å². The lowest BCUT2D eigenvalue weighted by atomic mass is 9.82. The molecule has 3 aromatic carbocycles. The first kappa shape index (κ1) is 32.6. The number of ether oxygens (including phenoxy) is 1. The maximum atomic E-state index is 13.4. The molecule has 0 fully saturated rings. The minimum absolute atomic E-state index is 0.0448. The van der Waals surface area contributed by atoms with E-state index in [1.807, 2.05) is 12.1 Å². The summed E-state index contributed by atoms with van der Waals surface area (Å²) in [5, 5.41) is 16.8. The van der Waals surface area contributed by atoms with Crippen LogP contribution in [0.25, 0.3) is 0 Å². The first-order chi connectivity index (χ1) is 19.5. The van der Waals surface area contributed by atoms with Gasteiger partial charge < -0.3 is 20.5 Å². The van der Waals surface area contributed by atoms with Gasteiger partial charge in [0.05, 0.1) is 32.0 Å². The molecule has 9 heteroatoms. The number of hydrogen-bond acceptors (Lipinski definition) is 4. The maximum Gasteiger partial charge on any atom is 0.265 e. The second kappa shape index (κ2) is 14.8. The summed E-state index contributed by atoms with van der Waals surface area (Å²) in [6.45, 7) is 8.54. The SMILES string of the molecule is CCCCCCC(Oc1ccc(C(C)(C)CC)cc1Cl)C(=O)Nc1cc(O)c(NC(=O)c2ccccc2Cl)cc1Cl. The van der Waals surface area contributed by atoms with Gasteiger partial charge in [-0.1, -0.05) is 100.0 Å². The van der Waals surface area contributed by atoms with Crippen molar-refractivity contribution in [2.45, 2.75) is 77.7 Å². The van der Waals surface area contributed by atoms with Crippen molar-refractivity contribution in [3.05, 3.63) is 80.8 Å². The van der Waals surface area contributed by atoms with Crippen LogP contribution in [-0.4, -0.2) is 23.0 Å². The molecule has 0 saturated carbocycles. The highest BCUT2D eigenvalue weighted by atomic mass is 35.5. The van der Waals surface area contributed by atoms with Crippen molar-refractivity contribution in [1.29, 1.82) is 0 Å². The van der Waals surface area contributed by atoms with E-state index >= 15 is 0 Å². The molecular weight excluding hydrogens is 583 g/mol. The molecule has 3 N–H and O–H groups in total. The van der Waals surface area contributed by atoms with E-state index in [1.54, 1.807) is 30.3 Å². The number of halogens is 3. The van der Waals surface area contributed by atoms with Gasteiger partial charge in [-0.25, -0.2) is 0 Å². The Kier molecular flexibility index (Phi) is 11.8. The molecular formula is C32H37Cl3N2O4. The van der Waals surface area contributed by atoms with E-state index in [4.69, 9.17) is 39.5 Å². The average molecular weight is 620 g/mol. The number of amides is 2. The molecule has 41 heavy (non-hydrogen) atoms. The Morgan fingerprint density at radius 1 is 0.878 bits per heavy atom. The summed E-state index contributed by atoms with van der Waals surface area (Å²) in [6.07, 6.45) is 4.44. The van der Waals surface area contributed by atoms with Gasteiger partial charge in [-0.2, -0.15) is 0 Å². The fourth-order valence-corrected chi connectivity index (χ4v) is 4.84. The van der Waals surface area contributed by atoms with E-state index in [2.05, 4.69) is 38.3 Å². The monoisotopic (exact) mass is 618 g/mol. The fourth-order valence-electron chi connectivity index (χ4n) is 4.18. The molecule has 2 amide bonds. The van der Waals surface area contributed by atoms with Gasteiger partial charge >= 0.3 is 0 Å². The number of anilines is 2. The Bertz CT molecular complexity index is 1380. The topological polar surface area (TPSA) is 87.7 Å². The highest BCUT2D eigenvalue weighted by Gasteiger charge is 2.25. The van der Waals surface area contributed by atoms with Gasteiger partial charge in [0.1, 0.15) is 11.5 Å². The number of unbranched alkanes of at least 4 members (excludes halogenated alkanes) is 3. The van der Waals surface area contributed by atoms with E-state index in [9.17, 15) is 14.7 Å². The zero-order chi connectivity index (χ0) is 30.2. The molecule has 1 unspecified atom stereocenters. The molecule has 1 atom stereocenters. The van der Waals surface area contributed by atoms with E-state index < -0.39 is 17.9 Å². The summed E-state index contributed by atoms with van der Waals surface area (Å²) in [6, 6.07) is 14.9. The number of carbonyl (C=O) groups is 2. The van der Waals surface area contributed by atoms with Gasteiger partial charge in [0, 0.05) is 6.07 Å². The standard InChI is InChI=1S/C32H37Cl3N2O4/c1-5-7-8-9-14-29(41-28-16-15-20(17-24(28)35)32(3,4)6-2)31(40)36-25-19-27(38)26(18-23(25)34)37-30(39)21-12-10-11-13-22(21)33/h10-13,15-19,29,38H,5-9,14H2,1-4H3,(H,36,40)(H,37,39). The van der Waals surface area contributed by atoms with Crippen LogP contribution in [0.15, 0.2) is 54.6 Å². The number of phenolic OH excluding ortho intramolecular Hbond substituents is 1. The zero-order valence-corrected chi connectivity index (χ0v) is 26.1. The molecule has 6 nitrogen and oxygen atoms in total. The summed E-state index contributed by atoms with van der Waals surface area (Å²) < 4.78 is 6.15. The normalized spacial score (nSPS) is 12.1. The van der Waals surface area contributed by atoms with Crippen LogP contribution in [0.5, 0.6) is 11.5 Å². The minimum atomic E-state index is -0.841. The zero-order valence-electron chi connectivity index (χ0n) is 23.8. The lowest BCUT2D eigenvalue weighted by Crippen LogP contribution is -2.33. The van der Waals surface area contributed by atoms with Crippen LogP contribution in [0.3, 0.4) is 0 Å². The molecule has 220 valence electrons. The molecule has 0 bridgehead atoms. The molecule has 3 rings (SSSR count). The fraction of sp³-hybridized carbons (Fsp3) is 0.375. The first-order valence-corrected chi connectivity index (χ1v) is 15.0. The first-order valence-electron chi connectivity index (χ1n) is 13.8. The largest absolute Gasteiger partial charge is 0.506 e. The van der Waals surface area contributed by atoms with E-state index in [1.165, 1.54) is 12.1 Å². The molecule has 0 radical (unpaired) electrons. The second-order valence-corrected chi connectivity index (χ2v) is 11.8. The highest BCUT2D eigenvalue weighted by molar-refractivity contribution is 6.35. The van der Waals surface area contributed by atoms with Gasteiger partial charge in [-0.15, -0.1) is 0 Å². The van der Waals surface area contributed by atoms with Crippen molar-refractivity contribution in [1.82, 2.24) is 0 Å². The number of hydrogen-bond donors (Lipinski definition) is 3. The Morgan fingerprint density at radius 2 is 1.61 bits per heavy atom. The smallest absolute Gasteiger partial charge is 0.265 e. The molecule has 0 aliphatic carbocycles. The maximum absolute atomic E-state index is 13.4. The average Bonchev–Trinajstić information content (AvgIpc) is 2.93. The number of aromatic hydroxyl groups is 1. The predicted octanol–water partition coefficient (Wildman–Crippen LogP) is 9.65. The number of benzene rings is 3. The number of phenols is 1. The Balaban J connectivity index is 1.79. The molecule has 0 aliphatic heterocycles. The molecule has 0 aliphatic rings. The van der Waals surface area contributed by atoms with E-state index in [0.29, 0.717) is 17.2 Å². The summed E-state index contributed by atoms with van der Waals surface area (Å²) in [5.74, 6) is -0.790. The minimum Gasteiger partial charge on any atom is -0.506 e. The summed E-state index contributed by atoms with van der Waals surface area (Å²) >= 11 is 19.1. The van der Waals surface area contributed by atoms with Crippen LogP contribution in [0.1, 0.15) is 82.1 Å². The van der Waals surface area contributed by atoms with Gasteiger partial charge in [-0.3, -0.25) is 9.59 Å². The van der Waals surface area contributed by atoms with Gasteiger partial charge in [-0.05, 0) is 60.6 Å². The van der Waals surface area contributed by atoms with E-state index in [-0.39, 0.29) is 38.1 Å². The summed E-state index contributed by atoms with van der Waals surface area (Å²) in [7, 11) is 0.